The van der Waals surface area contributed by atoms with Crippen LogP contribution in [0.4, 0.5) is 0 Å². The lowest BCUT2D eigenvalue weighted by Crippen LogP contribution is -2.48. The molecule has 0 N–H and O–H groups in total. The Hall–Kier alpha value is -2.70. The minimum Gasteiger partial charge on any atom is -0.338 e. The molecule has 2 aromatic heterocycles. The molecule has 26 heavy (non-hydrogen) atoms. The largest absolute Gasteiger partial charge is 0.338 e. The zero-order chi connectivity index (χ0) is 17.9. The van der Waals surface area contributed by atoms with Gasteiger partial charge in [0.1, 0.15) is 5.69 Å². The van der Waals surface area contributed by atoms with E-state index in [4.69, 9.17) is 0 Å². The van der Waals surface area contributed by atoms with E-state index < -0.39 is 0 Å². The first-order valence-electron chi connectivity index (χ1n) is 9.18. The summed E-state index contributed by atoms with van der Waals surface area (Å²) in [4.78, 5) is 33.6. The number of rotatable bonds is 4. The Balaban J connectivity index is 1.43. The van der Waals surface area contributed by atoms with Crippen LogP contribution in [-0.4, -0.2) is 62.1 Å². The number of aryl methyl sites for hydroxylation is 1. The maximum Gasteiger partial charge on any atom is 0.272 e. The van der Waals surface area contributed by atoms with Crippen LogP contribution in [0.25, 0.3) is 0 Å². The minimum absolute atomic E-state index is 0.0339. The molecule has 5 heterocycles. The zero-order valence-electron chi connectivity index (χ0n) is 14.7. The Morgan fingerprint density at radius 1 is 1.08 bits per heavy atom. The number of carbonyl (C=O) groups excluding carboxylic acids is 2. The van der Waals surface area contributed by atoms with Crippen molar-refractivity contribution in [3.63, 3.8) is 0 Å². The van der Waals surface area contributed by atoms with E-state index in [0.717, 1.165) is 19.4 Å². The van der Waals surface area contributed by atoms with Gasteiger partial charge in [-0.05, 0) is 37.0 Å². The SMILES string of the molecule is O=C(c1ccccn1)N1C[C@@H]2CC[C@H](C1)N(C(=O)CCn1cccn1)C2. The quantitative estimate of drug-likeness (QED) is 0.834. The Morgan fingerprint density at radius 2 is 2.00 bits per heavy atom. The average Bonchev–Trinajstić information content (AvgIpc) is 3.04. The fraction of sp³-hybridized carbons (Fsp3) is 0.474. The molecule has 3 saturated heterocycles. The van der Waals surface area contributed by atoms with E-state index in [-0.39, 0.29) is 17.9 Å². The Morgan fingerprint density at radius 3 is 2.77 bits per heavy atom. The summed E-state index contributed by atoms with van der Waals surface area (Å²) < 4.78 is 1.78. The van der Waals surface area contributed by atoms with Gasteiger partial charge in [0.15, 0.2) is 0 Å². The highest BCUT2D eigenvalue weighted by Crippen LogP contribution is 2.29. The third-order valence-electron chi connectivity index (χ3n) is 5.32. The van der Waals surface area contributed by atoms with E-state index in [9.17, 15) is 9.59 Å². The molecule has 2 atom stereocenters. The highest BCUT2D eigenvalue weighted by atomic mass is 16.2. The van der Waals surface area contributed by atoms with Crippen LogP contribution in [0, 0.1) is 5.92 Å². The second-order valence-electron chi connectivity index (χ2n) is 7.09. The molecule has 7 heteroatoms. The molecule has 2 bridgehead atoms. The van der Waals surface area contributed by atoms with Crippen molar-refractivity contribution in [3.05, 3.63) is 48.5 Å². The zero-order valence-corrected chi connectivity index (χ0v) is 14.7. The lowest BCUT2D eigenvalue weighted by Gasteiger charge is -2.36. The number of hydrogen-bond acceptors (Lipinski definition) is 4. The number of pyridine rings is 1. The highest BCUT2D eigenvalue weighted by Gasteiger charge is 2.38. The number of aromatic nitrogens is 3. The van der Waals surface area contributed by atoms with Crippen LogP contribution in [0.15, 0.2) is 42.9 Å². The van der Waals surface area contributed by atoms with Gasteiger partial charge in [0, 0.05) is 57.2 Å². The number of hydrogen-bond donors (Lipinski definition) is 0. The first-order chi connectivity index (χ1) is 12.7. The molecule has 2 amide bonds. The van der Waals surface area contributed by atoms with Crippen molar-refractivity contribution < 1.29 is 9.59 Å². The third kappa shape index (κ3) is 3.47. The number of amides is 2. The second kappa shape index (κ2) is 7.27. The van der Waals surface area contributed by atoms with E-state index in [2.05, 4.69) is 10.1 Å². The van der Waals surface area contributed by atoms with Gasteiger partial charge in [-0.15, -0.1) is 0 Å². The average molecular weight is 353 g/mol. The summed E-state index contributed by atoms with van der Waals surface area (Å²) in [5.74, 6) is 0.464. The summed E-state index contributed by atoms with van der Waals surface area (Å²) in [5, 5.41) is 4.15. The molecule has 0 radical (unpaired) electrons. The molecule has 136 valence electrons. The lowest BCUT2D eigenvalue weighted by molar-refractivity contribution is -0.135. The second-order valence-corrected chi connectivity index (χ2v) is 7.09. The maximum absolute atomic E-state index is 12.8. The van der Waals surface area contributed by atoms with Gasteiger partial charge < -0.3 is 9.80 Å². The minimum atomic E-state index is -0.0339. The van der Waals surface area contributed by atoms with E-state index in [1.165, 1.54) is 0 Å². The molecule has 0 unspecified atom stereocenters. The van der Waals surface area contributed by atoms with E-state index >= 15 is 0 Å². The molecule has 0 aromatic carbocycles. The maximum atomic E-state index is 12.8. The smallest absolute Gasteiger partial charge is 0.272 e. The predicted octanol–water partition coefficient (Wildman–Crippen LogP) is 1.43. The van der Waals surface area contributed by atoms with Gasteiger partial charge >= 0.3 is 0 Å². The van der Waals surface area contributed by atoms with Crippen LogP contribution in [-0.2, 0) is 11.3 Å². The fourth-order valence-corrected chi connectivity index (χ4v) is 3.99. The van der Waals surface area contributed by atoms with Crippen molar-refractivity contribution in [2.45, 2.75) is 31.8 Å². The van der Waals surface area contributed by atoms with Gasteiger partial charge in [0.05, 0.1) is 0 Å². The molecule has 0 aliphatic carbocycles. The predicted molar refractivity (Wildman–Crippen MR) is 95.2 cm³/mol. The van der Waals surface area contributed by atoms with Gasteiger partial charge in [-0.3, -0.25) is 19.3 Å². The lowest BCUT2D eigenvalue weighted by atomic mass is 9.94. The van der Waals surface area contributed by atoms with Gasteiger partial charge in [0.25, 0.3) is 5.91 Å². The monoisotopic (exact) mass is 353 g/mol. The summed E-state index contributed by atoms with van der Waals surface area (Å²) in [7, 11) is 0. The summed E-state index contributed by atoms with van der Waals surface area (Å²) in [5.41, 5.74) is 0.477. The van der Waals surface area contributed by atoms with E-state index in [1.54, 1.807) is 23.1 Å². The molecule has 0 spiro atoms. The molecule has 0 saturated carbocycles. The Kier molecular flexibility index (Phi) is 4.69. The van der Waals surface area contributed by atoms with Gasteiger partial charge in [-0.25, -0.2) is 0 Å². The molecule has 3 aliphatic heterocycles. The van der Waals surface area contributed by atoms with Crippen LogP contribution < -0.4 is 0 Å². The summed E-state index contributed by atoms with van der Waals surface area (Å²) in [6.07, 6.45) is 7.71. The first kappa shape index (κ1) is 16.8. The summed E-state index contributed by atoms with van der Waals surface area (Å²) in [6, 6.07) is 7.36. The van der Waals surface area contributed by atoms with Crippen LogP contribution >= 0.6 is 0 Å². The van der Waals surface area contributed by atoms with Gasteiger partial charge in [0.2, 0.25) is 5.91 Å². The normalized spacial score (nSPS) is 22.3. The molecule has 2 aromatic rings. The standard InChI is InChI=1S/C19H23N5O2/c25-18(7-11-23-10-3-9-21-23)24-13-15-5-6-16(24)14-22(12-15)19(26)17-4-1-2-8-20-17/h1-4,8-10,15-16H,5-7,11-14H2/t15-,16+/m0/s1. The van der Waals surface area contributed by atoms with Gasteiger partial charge in [-0.2, -0.15) is 5.10 Å². The van der Waals surface area contributed by atoms with Crippen molar-refractivity contribution >= 4 is 11.8 Å². The van der Waals surface area contributed by atoms with Crippen molar-refractivity contribution in [1.82, 2.24) is 24.6 Å². The molecule has 3 fully saturated rings. The molecule has 5 rings (SSSR count). The third-order valence-corrected chi connectivity index (χ3v) is 5.32. The van der Waals surface area contributed by atoms with E-state index in [1.807, 2.05) is 34.2 Å². The van der Waals surface area contributed by atoms with Crippen molar-refractivity contribution in [3.8, 4) is 0 Å². The molecular weight excluding hydrogens is 330 g/mol. The van der Waals surface area contributed by atoms with Crippen molar-refractivity contribution in [1.29, 1.82) is 0 Å². The Bertz CT molecular complexity index is 762. The summed E-state index contributed by atoms with van der Waals surface area (Å²) >= 11 is 0. The molecular formula is C19H23N5O2. The van der Waals surface area contributed by atoms with Crippen molar-refractivity contribution in [2.75, 3.05) is 19.6 Å². The van der Waals surface area contributed by atoms with E-state index in [0.29, 0.717) is 37.7 Å². The number of piperidine rings is 1. The fourth-order valence-electron chi connectivity index (χ4n) is 3.99. The highest BCUT2D eigenvalue weighted by molar-refractivity contribution is 5.92. The summed E-state index contributed by atoms with van der Waals surface area (Å²) in [6.45, 7) is 2.64. The van der Waals surface area contributed by atoms with Crippen LogP contribution in [0.2, 0.25) is 0 Å². The number of nitrogens with zero attached hydrogens (tertiary/aromatic N) is 5. The van der Waals surface area contributed by atoms with Crippen LogP contribution in [0.1, 0.15) is 29.8 Å². The first-order valence-corrected chi connectivity index (χ1v) is 9.18. The topological polar surface area (TPSA) is 71.3 Å². The Labute approximate surface area is 152 Å². The number of carbonyl (C=O) groups is 2. The molecule has 7 nitrogen and oxygen atoms in total. The van der Waals surface area contributed by atoms with Crippen LogP contribution in [0.3, 0.4) is 0 Å². The van der Waals surface area contributed by atoms with Crippen molar-refractivity contribution in [2.24, 2.45) is 5.92 Å². The van der Waals surface area contributed by atoms with Gasteiger partial charge in [-0.1, -0.05) is 6.07 Å². The number of fused-ring (bicyclic) bond motifs is 4. The van der Waals surface area contributed by atoms with Crippen LogP contribution in [0.5, 0.6) is 0 Å². The molecule has 3 aliphatic rings.